The number of amides is 1. The van der Waals surface area contributed by atoms with Crippen molar-refractivity contribution in [1.29, 1.82) is 0 Å². The van der Waals surface area contributed by atoms with Gasteiger partial charge in [0.05, 0.1) is 18.8 Å². The highest BCUT2D eigenvalue weighted by Crippen LogP contribution is 2.27. The second kappa shape index (κ2) is 6.75. The van der Waals surface area contributed by atoms with E-state index in [1.807, 2.05) is 26.0 Å². The van der Waals surface area contributed by atoms with Gasteiger partial charge in [-0.25, -0.2) is 0 Å². The molecule has 0 aliphatic rings. The Hall–Kier alpha value is -1.07. The standard InChI is InChI=1S/C13H19BrN2O2/c1-4-8(2)12(15)13(17)16-11-7-9(18-3)5-6-10(11)14/h5-8,12H,4,15H2,1-3H3,(H,16,17). The van der Waals surface area contributed by atoms with Gasteiger partial charge in [-0.15, -0.1) is 0 Å². The molecule has 2 unspecified atom stereocenters. The molecule has 3 N–H and O–H groups in total. The van der Waals surface area contributed by atoms with Crippen molar-refractivity contribution in [3.8, 4) is 5.75 Å². The van der Waals surface area contributed by atoms with Crippen molar-refractivity contribution in [1.82, 2.24) is 0 Å². The van der Waals surface area contributed by atoms with Gasteiger partial charge in [0.15, 0.2) is 0 Å². The van der Waals surface area contributed by atoms with E-state index < -0.39 is 6.04 Å². The second-order valence-electron chi connectivity index (χ2n) is 4.25. The van der Waals surface area contributed by atoms with Gasteiger partial charge in [-0.1, -0.05) is 20.3 Å². The van der Waals surface area contributed by atoms with Gasteiger partial charge in [-0.2, -0.15) is 0 Å². The van der Waals surface area contributed by atoms with E-state index in [2.05, 4.69) is 21.2 Å². The predicted octanol–water partition coefficient (Wildman–Crippen LogP) is 2.77. The number of nitrogens with two attached hydrogens (primary N) is 1. The summed E-state index contributed by atoms with van der Waals surface area (Å²) in [5.41, 5.74) is 6.55. The molecule has 1 amide bonds. The molecule has 4 nitrogen and oxygen atoms in total. The molecule has 100 valence electrons. The molecule has 0 aliphatic carbocycles. The van der Waals surface area contributed by atoms with Gasteiger partial charge in [0.1, 0.15) is 5.75 Å². The first-order valence-corrected chi connectivity index (χ1v) is 6.68. The Kier molecular flexibility index (Phi) is 5.62. The number of benzene rings is 1. The Balaban J connectivity index is 2.81. The lowest BCUT2D eigenvalue weighted by Gasteiger charge is -2.18. The van der Waals surface area contributed by atoms with Crippen molar-refractivity contribution in [3.05, 3.63) is 22.7 Å². The Morgan fingerprint density at radius 2 is 2.22 bits per heavy atom. The Morgan fingerprint density at radius 1 is 1.56 bits per heavy atom. The minimum atomic E-state index is -0.506. The van der Waals surface area contributed by atoms with Gasteiger partial charge in [-0.05, 0) is 34.0 Å². The molecule has 1 rings (SSSR count). The average molecular weight is 315 g/mol. The Bertz CT molecular complexity index is 423. The summed E-state index contributed by atoms with van der Waals surface area (Å²) in [6.07, 6.45) is 0.869. The van der Waals surface area contributed by atoms with Crippen molar-refractivity contribution in [2.75, 3.05) is 12.4 Å². The van der Waals surface area contributed by atoms with Crippen molar-refractivity contribution in [2.24, 2.45) is 11.7 Å². The van der Waals surface area contributed by atoms with Gasteiger partial charge in [0.2, 0.25) is 5.91 Å². The van der Waals surface area contributed by atoms with Crippen LogP contribution >= 0.6 is 15.9 Å². The van der Waals surface area contributed by atoms with Crippen LogP contribution in [0.3, 0.4) is 0 Å². The number of hydrogen-bond donors (Lipinski definition) is 2. The van der Waals surface area contributed by atoms with Crippen LogP contribution in [-0.4, -0.2) is 19.1 Å². The number of rotatable bonds is 5. The van der Waals surface area contributed by atoms with Crippen LogP contribution in [0.1, 0.15) is 20.3 Å². The Morgan fingerprint density at radius 3 is 2.78 bits per heavy atom. The van der Waals surface area contributed by atoms with E-state index in [4.69, 9.17) is 10.5 Å². The van der Waals surface area contributed by atoms with Crippen LogP contribution in [0.15, 0.2) is 22.7 Å². The summed E-state index contributed by atoms with van der Waals surface area (Å²) in [4.78, 5) is 12.0. The van der Waals surface area contributed by atoms with Crippen LogP contribution in [0.25, 0.3) is 0 Å². The zero-order valence-electron chi connectivity index (χ0n) is 10.9. The first kappa shape index (κ1) is 15.0. The van der Waals surface area contributed by atoms with Gasteiger partial charge in [0, 0.05) is 10.5 Å². The first-order valence-electron chi connectivity index (χ1n) is 5.89. The summed E-state index contributed by atoms with van der Waals surface area (Å²) in [5.74, 6) is 0.651. The fraction of sp³-hybridized carbons (Fsp3) is 0.462. The quantitative estimate of drug-likeness (QED) is 0.878. The molecule has 18 heavy (non-hydrogen) atoms. The largest absolute Gasteiger partial charge is 0.497 e. The molecule has 0 bridgehead atoms. The third kappa shape index (κ3) is 3.71. The predicted molar refractivity (Wildman–Crippen MR) is 76.8 cm³/mol. The van der Waals surface area contributed by atoms with Crippen LogP contribution in [0.5, 0.6) is 5.75 Å². The van der Waals surface area contributed by atoms with E-state index in [9.17, 15) is 4.79 Å². The highest BCUT2D eigenvalue weighted by Gasteiger charge is 2.20. The third-order valence-electron chi connectivity index (χ3n) is 2.99. The SMILES string of the molecule is CCC(C)C(N)C(=O)Nc1cc(OC)ccc1Br. The molecule has 0 spiro atoms. The molecule has 0 aromatic heterocycles. The summed E-state index contributed by atoms with van der Waals surface area (Å²) < 4.78 is 5.92. The van der Waals surface area contributed by atoms with Gasteiger partial charge < -0.3 is 15.8 Å². The van der Waals surface area contributed by atoms with E-state index in [1.54, 1.807) is 13.2 Å². The molecule has 1 aromatic rings. The number of methoxy groups -OCH3 is 1. The molecule has 5 heteroatoms. The number of carbonyl (C=O) groups excluding carboxylic acids is 1. The van der Waals surface area contributed by atoms with Crippen LogP contribution in [0, 0.1) is 5.92 Å². The number of anilines is 1. The molecular weight excluding hydrogens is 296 g/mol. The smallest absolute Gasteiger partial charge is 0.241 e. The maximum absolute atomic E-state index is 12.0. The number of nitrogens with one attached hydrogen (secondary N) is 1. The minimum absolute atomic E-state index is 0.148. The van der Waals surface area contributed by atoms with Crippen molar-refractivity contribution < 1.29 is 9.53 Å². The summed E-state index contributed by atoms with van der Waals surface area (Å²) >= 11 is 3.38. The molecule has 0 saturated carbocycles. The fourth-order valence-electron chi connectivity index (χ4n) is 1.46. The zero-order valence-corrected chi connectivity index (χ0v) is 12.5. The zero-order chi connectivity index (χ0) is 13.7. The van der Waals surface area contributed by atoms with E-state index in [1.165, 1.54) is 0 Å². The van der Waals surface area contributed by atoms with E-state index in [0.717, 1.165) is 10.9 Å². The van der Waals surface area contributed by atoms with Crippen molar-refractivity contribution in [2.45, 2.75) is 26.3 Å². The van der Waals surface area contributed by atoms with Crippen molar-refractivity contribution >= 4 is 27.5 Å². The maximum atomic E-state index is 12.0. The van der Waals surface area contributed by atoms with Crippen LogP contribution in [0.2, 0.25) is 0 Å². The number of ether oxygens (including phenoxy) is 1. The molecule has 0 aliphatic heterocycles. The molecular formula is C13H19BrN2O2. The van der Waals surface area contributed by atoms with Gasteiger partial charge in [0.25, 0.3) is 0 Å². The number of carbonyl (C=O) groups is 1. The number of hydrogen-bond acceptors (Lipinski definition) is 3. The normalized spacial score (nSPS) is 13.8. The van der Waals surface area contributed by atoms with Crippen LogP contribution < -0.4 is 15.8 Å². The molecule has 0 saturated heterocycles. The highest BCUT2D eigenvalue weighted by atomic mass is 79.9. The average Bonchev–Trinajstić information content (AvgIpc) is 2.39. The summed E-state index contributed by atoms with van der Waals surface area (Å²) in [6.45, 7) is 3.98. The molecule has 1 aromatic carbocycles. The third-order valence-corrected chi connectivity index (χ3v) is 3.68. The summed E-state index contributed by atoms with van der Waals surface area (Å²) in [7, 11) is 1.58. The highest BCUT2D eigenvalue weighted by molar-refractivity contribution is 9.10. The molecule has 0 heterocycles. The maximum Gasteiger partial charge on any atom is 0.241 e. The number of halogens is 1. The monoisotopic (exact) mass is 314 g/mol. The topological polar surface area (TPSA) is 64.4 Å². The summed E-state index contributed by atoms with van der Waals surface area (Å²) in [5, 5.41) is 2.81. The van der Waals surface area contributed by atoms with Crippen LogP contribution in [0.4, 0.5) is 5.69 Å². The molecule has 2 atom stereocenters. The van der Waals surface area contributed by atoms with Gasteiger partial charge >= 0.3 is 0 Å². The van der Waals surface area contributed by atoms with E-state index in [0.29, 0.717) is 11.4 Å². The van der Waals surface area contributed by atoms with Crippen molar-refractivity contribution in [3.63, 3.8) is 0 Å². The van der Waals surface area contributed by atoms with E-state index in [-0.39, 0.29) is 11.8 Å². The fourth-order valence-corrected chi connectivity index (χ4v) is 1.80. The summed E-state index contributed by atoms with van der Waals surface area (Å²) in [6, 6.07) is 4.89. The molecule has 0 fully saturated rings. The van der Waals surface area contributed by atoms with Gasteiger partial charge in [-0.3, -0.25) is 4.79 Å². The minimum Gasteiger partial charge on any atom is -0.497 e. The lowest BCUT2D eigenvalue weighted by Crippen LogP contribution is -2.40. The first-order chi connectivity index (χ1) is 8.49. The van der Waals surface area contributed by atoms with Crippen LogP contribution in [-0.2, 0) is 4.79 Å². The van der Waals surface area contributed by atoms with E-state index >= 15 is 0 Å². The lowest BCUT2D eigenvalue weighted by molar-refractivity contribution is -0.118. The Labute approximate surface area is 116 Å². The molecule has 0 radical (unpaired) electrons. The lowest BCUT2D eigenvalue weighted by atomic mass is 9.99. The second-order valence-corrected chi connectivity index (χ2v) is 5.10.